The molecule has 0 heterocycles. The Balaban J connectivity index is 0.000000128. The molecule has 0 aliphatic heterocycles. The molecule has 0 aromatic heterocycles. The molecule has 276 valence electrons. The van der Waals surface area contributed by atoms with E-state index in [4.69, 9.17) is 0 Å². The van der Waals surface area contributed by atoms with E-state index in [1.165, 1.54) is 54.1 Å². The molecule has 0 spiro atoms. The Labute approximate surface area is 357 Å². The van der Waals surface area contributed by atoms with E-state index in [-0.39, 0.29) is 25.4 Å². The molecule has 0 saturated heterocycles. The normalized spacial score (nSPS) is 15.6. The van der Waals surface area contributed by atoms with Gasteiger partial charge in [0.2, 0.25) is 0 Å². The molecule has 11 rings (SSSR count). The summed E-state index contributed by atoms with van der Waals surface area (Å²) in [4.78, 5) is 0. The Hall–Kier alpha value is -4.43. The minimum absolute atomic E-state index is 0. The fraction of sp³-hybridized carbons (Fsp3) is 0.0385. The number of allylic oxidation sites excluding steroid dienone is 2. The van der Waals surface area contributed by atoms with Crippen molar-refractivity contribution in [2.45, 2.75) is 10.2 Å². The van der Waals surface area contributed by atoms with E-state index in [0.717, 1.165) is 0 Å². The molecule has 0 nitrogen and oxygen atoms in total. The second kappa shape index (κ2) is 19.1. The van der Waals surface area contributed by atoms with Gasteiger partial charge in [0.05, 0.1) is 15.8 Å². The van der Waals surface area contributed by atoms with E-state index in [9.17, 15) is 0 Å². The number of rotatable bonds is 6. The summed E-state index contributed by atoms with van der Waals surface area (Å²) in [6.45, 7) is 0. The van der Waals surface area contributed by atoms with Crippen LogP contribution in [-0.2, 0) is 25.4 Å². The van der Waals surface area contributed by atoms with Crippen molar-refractivity contribution in [2.24, 2.45) is 0 Å². The summed E-state index contributed by atoms with van der Waals surface area (Å²) in [7, 11) is -1.75. The minimum Gasteiger partial charge on any atom is -0.0620 e. The third-order valence-electron chi connectivity index (χ3n) is 10.3. The van der Waals surface area contributed by atoms with E-state index in [1.54, 1.807) is 0 Å². The maximum Gasteiger partial charge on any atom is 0.102 e. The van der Waals surface area contributed by atoms with Crippen molar-refractivity contribution >= 4 is 63.7 Å². The second-order valence-corrected chi connectivity index (χ2v) is 20.0. The number of hydrogen-bond donors (Lipinski definition) is 0. The minimum atomic E-state index is -0.877. The summed E-state index contributed by atoms with van der Waals surface area (Å²) in [5, 5.41) is 8.61. The molecular formula is C52H44P2PtSe+2. The van der Waals surface area contributed by atoms with Gasteiger partial charge >= 0.3 is 130 Å². The Morgan fingerprint density at radius 3 is 0.821 bits per heavy atom. The molecule has 0 amide bonds. The third kappa shape index (κ3) is 8.75. The maximum absolute atomic E-state index is 3.41. The second-order valence-electron chi connectivity index (χ2n) is 13.7. The molecule has 4 heteroatoms. The number of hydrogen-bond acceptors (Lipinski definition) is 0. The van der Waals surface area contributed by atoms with Crippen molar-refractivity contribution in [3.8, 4) is 0 Å². The molecule has 1 radical (unpaired) electrons. The van der Waals surface area contributed by atoms with E-state index < -0.39 is 15.8 Å². The maximum atomic E-state index is 3.41. The fourth-order valence-corrected chi connectivity index (χ4v) is 13.9. The molecule has 0 unspecified atom stereocenters. The van der Waals surface area contributed by atoms with Crippen molar-refractivity contribution in [1.29, 1.82) is 0 Å². The predicted molar refractivity (Wildman–Crippen MR) is 245 cm³/mol. The summed E-state index contributed by atoms with van der Waals surface area (Å²) in [5.41, 5.74) is 5.75. The summed E-state index contributed by atoms with van der Waals surface area (Å²) in [5.74, 6) is 0.442. The Morgan fingerprint density at radius 1 is 0.321 bits per heavy atom. The quantitative estimate of drug-likeness (QED) is 0.0887. The van der Waals surface area contributed by atoms with Crippen LogP contribution in [0.25, 0.3) is 0 Å². The molecular weight excluding hydrogens is 961 g/mol. The Kier molecular flexibility index (Phi) is 13.6. The third-order valence-corrected chi connectivity index (χ3v) is 17.0. The first kappa shape index (κ1) is 39.8. The van der Waals surface area contributed by atoms with Crippen LogP contribution in [0.4, 0.5) is 0 Å². The van der Waals surface area contributed by atoms with Crippen LogP contribution < -0.4 is 31.8 Å². The topological polar surface area (TPSA) is 0 Å². The van der Waals surface area contributed by atoms with Crippen LogP contribution in [0, 0.1) is 0 Å². The average Bonchev–Trinajstić information content (AvgIpc) is 3.27. The van der Waals surface area contributed by atoms with Crippen LogP contribution in [0.3, 0.4) is 0 Å². The van der Waals surface area contributed by atoms with Gasteiger partial charge < -0.3 is 0 Å². The van der Waals surface area contributed by atoms with E-state index in [2.05, 4.69) is 259 Å². The van der Waals surface area contributed by atoms with Crippen molar-refractivity contribution in [3.05, 3.63) is 265 Å². The molecule has 8 aromatic carbocycles. The van der Waals surface area contributed by atoms with Gasteiger partial charge in [-0.3, -0.25) is 0 Å². The smallest absolute Gasteiger partial charge is 0.0620 e. The standard InChI is InChI=1S/2C18H15P.C16H11Se.Pt.H/c2*1-4-10-16(11-5-1)19(17-12-6-2-7-13-17)18-14-8-3-9-15-18;17-16-10-9-11(12-5-1-3-7-14(12)16)13-6-2-4-8-15(13)16;;/h2*1-15H;1-11H;;/p+2. The summed E-state index contributed by atoms with van der Waals surface area (Å²) in [6, 6.07) is 82.5. The predicted octanol–water partition coefficient (Wildman–Crippen LogP) is 9.20. The summed E-state index contributed by atoms with van der Waals surface area (Å²) in [6.07, 6.45) is 4.66. The van der Waals surface area contributed by atoms with Crippen molar-refractivity contribution in [3.63, 3.8) is 0 Å². The molecule has 2 bridgehead atoms. The summed E-state index contributed by atoms with van der Waals surface area (Å²) >= 11 is 3.41. The van der Waals surface area contributed by atoms with Crippen LogP contribution in [0.2, 0.25) is 0 Å². The van der Waals surface area contributed by atoms with Crippen LogP contribution >= 0.6 is 15.8 Å². The van der Waals surface area contributed by atoms with Gasteiger partial charge in [0, 0.05) is 0 Å². The van der Waals surface area contributed by atoms with Gasteiger partial charge in [0.1, 0.15) is 31.8 Å². The van der Waals surface area contributed by atoms with Crippen molar-refractivity contribution < 1.29 is 21.1 Å². The number of benzene rings is 8. The molecule has 8 aromatic rings. The Morgan fingerprint density at radius 2 is 0.554 bits per heavy atom. The van der Waals surface area contributed by atoms with Gasteiger partial charge in [-0.15, -0.1) is 0 Å². The monoisotopic (exact) mass is 1010 g/mol. The van der Waals surface area contributed by atoms with Gasteiger partial charge in [0.25, 0.3) is 0 Å². The largest absolute Gasteiger partial charge is 0.102 e. The molecule has 0 saturated carbocycles. The molecule has 3 aliphatic rings. The van der Waals surface area contributed by atoms with Gasteiger partial charge in [0.15, 0.2) is 0 Å². The molecule has 0 N–H and O–H groups in total. The molecule has 3 aliphatic carbocycles. The van der Waals surface area contributed by atoms with Crippen LogP contribution in [0.1, 0.15) is 28.2 Å². The van der Waals surface area contributed by atoms with E-state index in [1.807, 2.05) is 0 Å². The van der Waals surface area contributed by atoms with Gasteiger partial charge in [-0.25, -0.2) is 0 Å². The van der Waals surface area contributed by atoms with Crippen LogP contribution in [0.5, 0.6) is 0 Å². The van der Waals surface area contributed by atoms with E-state index >= 15 is 0 Å². The first-order valence-electron chi connectivity index (χ1n) is 18.9. The van der Waals surface area contributed by atoms with Gasteiger partial charge in [-0.05, 0) is 72.8 Å². The van der Waals surface area contributed by atoms with Crippen LogP contribution in [0.15, 0.2) is 243 Å². The van der Waals surface area contributed by atoms with Gasteiger partial charge in [-0.2, -0.15) is 0 Å². The zero-order chi connectivity index (χ0) is 37.3. The molecule has 0 atom stereocenters. The first-order valence-corrected chi connectivity index (χ1v) is 22.7. The molecule has 56 heavy (non-hydrogen) atoms. The zero-order valence-corrected chi connectivity index (χ0v) is 37.0. The average molecular weight is 1000 g/mol. The SMILES string of the molecule is [PtH].[Se]C12C=CC(c3ccccc31)c1ccccc12.c1ccc([PH+](c2ccccc2)c2ccccc2)cc1.c1ccc([PH+](c2ccccc2)c2ccccc2)cc1. The molecule has 0 fully saturated rings. The van der Waals surface area contributed by atoms with E-state index in [0.29, 0.717) is 5.92 Å². The van der Waals surface area contributed by atoms with Crippen molar-refractivity contribution in [2.75, 3.05) is 0 Å². The summed E-state index contributed by atoms with van der Waals surface area (Å²) < 4.78 is -0.0536. The Bertz CT molecular complexity index is 2090. The van der Waals surface area contributed by atoms with Crippen molar-refractivity contribution in [1.82, 2.24) is 0 Å². The zero-order valence-electron chi connectivity index (χ0n) is 30.9. The van der Waals surface area contributed by atoms with Gasteiger partial charge in [-0.1, -0.05) is 109 Å². The fourth-order valence-electron chi connectivity index (χ4n) is 7.77. The van der Waals surface area contributed by atoms with Crippen LogP contribution in [-0.4, -0.2) is 16.0 Å². The first-order chi connectivity index (χ1) is 27.2.